The Morgan fingerprint density at radius 3 is 2.21 bits per heavy atom. The van der Waals surface area contributed by atoms with Crippen molar-refractivity contribution in [2.45, 2.75) is 11.8 Å². The Morgan fingerprint density at radius 1 is 1.04 bits per heavy atom. The van der Waals surface area contributed by atoms with Crippen molar-refractivity contribution in [1.29, 1.82) is 0 Å². The van der Waals surface area contributed by atoms with Gasteiger partial charge in [0.2, 0.25) is 11.8 Å². The van der Waals surface area contributed by atoms with Crippen LogP contribution in [-0.2, 0) is 9.59 Å². The highest BCUT2D eigenvalue weighted by atomic mass is 32.2. The van der Waals surface area contributed by atoms with Crippen LogP contribution in [0.3, 0.4) is 0 Å². The molecule has 0 spiro atoms. The van der Waals surface area contributed by atoms with Gasteiger partial charge in [0.25, 0.3) is 5.91 Å². The van der Waals surface area contributed by atoms with Crippen molar-refractivity contribution in [1.82, 2.24) is 14.7 Å². The third-order valence-corrected chi connectivity index (χ3v) is 5.04. The second-order valence-corrected chi connectivity index (χ2v) is 6.89. The van der Waals surface area contributed by atoms with Gasteiger partial charge in [-0.2, -0.15) is 0 Å². The third-order valence-electron chi connectivity index (χ3n) is 3.98. The van der Waals surface area contributed by atoms with Crippen molar-refractivity contribution in [3.63, 3.8) is 0 Å². The van der Waals surface area contributed by atoms with Crippen LogP contribution in [0.4, 0.5) is 0 Å². The molecule has 6 nitrogen and oxygen atoms in total. The molecule has 0 radical (unpaired) electrons. The van der Waals surface area contributed by atoms with Crippen LogP contribution in [0.1, 0.15) is 17.3 Å². The van der Waals surface area contributed by atoms with E-state index in [9.17, 15) is 14.4 Å². The lowest BCUT2D eigenvalue weighted by Gasteiger charge is -2.34. The molecule has 0 aliphatic carbocycles. The van der Waals surface area contributed by atoms with Crippen molar-refractivity contribution in [2.75, 3.05) is 46.0 Å². The molecule has 1 aromatic rings. The van der Waals surface area contributed by atoms with Crippen LogP contribution in [0.2, 0.25) is 0 Å². The van der Waals surface area contributed by atoms with Crippen LogP contribution in [0.25, 0.3) is 0 Å². The number of benzene rings is 1. The predicted molar refractivity (Wildman–Crippen MR) is 94.0 cm³/mol. The van der Waals surface area contributed by atoms with Gasteiger partial charge in [-0.15, -0.1) is 11.8 Å². The fourth-order valence-corrected chi connectivity index (χ4v) is 3.46. The molecule has 0 atom stereocenters. The number of piperazine rings is 1. The van der Waals surface area contributed by atoms with E-state index >= 15 is 0 Å². The van der Waals surface area contributed by atoms with E-state index < -0.39 is 0 Å². The van der Waals surface area contributed by atoms with Crippen molar-refractivity contribution in [3.05, 3.63) is 29.8 Å². The average molecular weight is 349 g/mol. The van der Waals surface area contributed by atoms with E-state index in [1.165, 1.54) is 11.8 Å². The number of carbonyl (C=O) groups excluding carboxylic acids is 3. The Morgan fingerprint density at radius 2 is 1.62 bits per heavy atom. The molecule has 0 aromatic heterocycles. The number of carbonyl (C=O) groups is 3. The van der Waals surface area contributed by atoms with Gasteiger partial charge >= 0.3 is 0 Å². The van der Waals surface area contributed by atoms with Gasteiger partial charge in [0.1, 0.15) is 0 Å². The van der Waals surface area contributed by atoms with Crippen LogP contribution in [0.5, 0.6) is 0 Å². The maximum absolute atomic E-state index is 12.8. The van der Waals surface area contributed by atoms with Gasteiger partial charge in [-0.1, -0.05) is 12.1 Å². The molecule has 1 aromatic carbocycles. The average Bonchev–Trinajstić information content (AvgIpc) is 2.59. The second kappa shape index (κ2) is 8.19. The van der Waals surface area contributed by atoms with Crippen LogP contribution in [0.15, 0.2) is 29.2 Å². The van der Waals surface area contributed by atoms with Gasteiger partial charge in [-0.05, 0) is 12.1 Å². The van der Waals surface area contributed by atoms with Crippen molar-refractivity contribution in [2.24, 2.45) is 0 Å². The summed E-state index contributed by atoms with van der Waals surface area (Å²) in [4.78, 5) is 41.8. The minimum atomic E-state index is -0.0430. The first-order valence-electron chi connectivity index (χ1n) is 7.87. The summed E-state index contributed by atoms with van der Waals surface area (Å²) in [7, 11) is 3.43. The molecule has 0 saturated carbocycles. The van der Waals surface area contributed by atoms with Gasteiger partial charge in [-0.3, -0.25) is 14.4 Å². The highest BCUT2D eigenvalue weighted by molar-refractivity contribution is 8.00. The Labute approximate surface area is 146 Å². The topological polar surface area (TPSA) is 60.9 Å². The molecule has 3 amide bonds. The molecule has 2 rings (SSSR count). The summed E-state index contributed by atoms with van der Waals surface area (Å²) in [5.74, 6) is 0.311. The zero-order chi connectivity index (χ0) is 17.7. The van der Waals surface area contributed by atoms with Crippen LogP contribution >= 0.6 is 11.8 Å². The molecule has 0 unspecified atom stereocenters. The summed E-state index contributed by atoms with van der Waals surface area (Å²) in [5.41, 5.74) is 0.616. The zero-order valence-corrected chi connectivity index (χ0v) is 15.1. The standard InChI is InChI=1S/C17H23N3O3S/c1-13(21)19-8-10-20(11-9-19)17(23)14-6-4-5-7-15(14)24-12-16(22)18(2)3/h4-7H,8-12H2,1-3H3. The Kier molecular flexibility index (Phi) is 6.25. The van der Waals surface area contributed by atoms with E-state index in [-0.39, 0.29) is 17.7 Å². The molecule has 1 saturated heterocycles. The lowest BCUT2D eigenvalue weighted by atomic mass is 10.2. The van der Waals surface area contributed by atoms with Gasteiger partial charge in [0, 0.05) is 52.1 Å². The summed E-state index contributed by atoms with van der Waals surface area (Å²) in [6.07, 6.45) is 0. The summed E-state index contributed by atoms with van der Waals surface area (Å²) in [6, 6.07) is 7.36. The fraction of sp³-hybridized carbons (Fsp3) is 0.471. The Bertz CT molecular complexity index is 625. The van der Waals surface area contributed by atoms with Crippen molar-refractivity contribution in [3.8, 4) is 0 Å². The molecule has 1 fully saturated rings. The molecule has 1 heterocycles. The van der Waals surface area contributed by atoms with E-state index in [2.05, 4.69) is 0 Å². The predicted octanol–water partition coefficient (Wildman–Crippen LogP) is 1.17. The minimum absolute atomic E-state index is 0.0114. The first-order valence-corrected chi connectivity index (χ1v) is 8.85. The number of hydrogen-bond donors (Lipinski definition) is 0. The SMILES string of the molecule is CC(=O)N1CCN(C(=O)c2ccccc2SCC(=O)N(C)C)CC1. The smallest absolute Gasteiger partial charge is 0.255 e. The summed E-state index contributed by atoms with van der Waals surface area (Å²) < 4.78 is 0. The molecular formula is C17H23N3O3S. The molecule has 1 aliphatic heterocycles. The molecular weight excluding hydrogens is 326 g/mol. The fourth-order valence-electron chi connectivity index (χ4n) is 2.43. The lowest BCUT2D eigenvalue weighted by molar-refractivity contribution is -0.130. The maximum Gasteiger partial charge on any atom is 0.255 e. The van der Waals surface area contributed by atoms with E-state index in [1.807, 2.05) is 18.2 Å². The zero-order valence-electron chi connectivity index (χ0n) is 14.3. The van der Waals surface area contributed by atoms with Crippen LogP contribution < -0.4 is 0 Å². The first-order chi connectivity index (χ1) is 11.4. The quantitative estimate of drug-likeness (QED) is 0.766. The van der Waals surface area contributed by atoms with E-state index in [4.69, 9.17) is 0 Å². The van der Waals surface area contributed by atoms with Gasteiger partial charge < -0.3 is 14.7 Å². The monoisotopic (exact) mass is 349 g/mol. The Hall–Kier alpha value is -2.02. The minimum Gasteiger partial charge on any atom is -0.348 e. The first kappa shape index (κ1) is 18.3. The van der Waals surface area contributed by atoms with Crippen LogP contribution in [0, 0.1) is 0 Å². The molecule has 24 heavy (non-hydrogen) atoms. The largest absolute Gasteiger partial charge is 0.348 e. The van der Waals surface area contributed by atoms with Gasteiger partial charge in [-0.25, -0.2) is 0 Å². The Balaban J connectivity index is 2.05. The highest BCUT2D eigenvalue weighted by Gasteiger charge is 2.24. The molecule has 0 bridgehead atoms. The number of hydrogen-bond acceptors (Lipinski definition) is 4. The van der Waals surface area contributed by atoms with Crippen molar-refractivity contribution >= 4 is 29.5 Å². The number of rotatable bonds is 4. The van der Waals surface area contributed by atoms with E-state index in [0.717, 1.165) is 4.90 Å². The number of thioether (sulfide) groups is 1. The molecule has 7 heteroatoms. The number of nitrogens with zero attached hydrogens (tertiary/aromatic N) is 3. The molecule has 0 N–H and O–H groups in total. The van der Waals surface area contributed by atoms with Crippen molar-refractivity contribution < 1.29 is 14.4 Å². The van der Waals surface area contributed by atoms with E-state index in [1.54, 1.807) is 41.8 Å². The van der Waals surface area contributed by atoms with Crippen LogP contribution in [-0.4, -0.2) is 78.4 Å². The maximum atomic E-state index is 12.8. The lowest BCUT2D eigenvalue weighted by Crippen LogP contribution is -2.50. The summed E-state index contributed by atoms with van der Waals surface area (Å²) in [5, 5.41) is 0. The second-order valence-electron chi connectivity index (χ2n) is 5.87. The molecule has 130 valence electrons. The number of amides is 3. The molecule has 1 aliphatic rings. The third kappa shape index (κ3) is 4.50. The van der Waals surface area contributed by atoms with Gasteiger partial charge in [0.05, 0.1) is 11.3 Å². The highest BCUT2D eigenvalue weighted by Crippen LogP contribution is 2.24. The summed E-state index contributed by atoms with van der Waals surface area (Å²) >= 11 is 1.38. The summed E-state index contributed by atoms with van der Waals surface area (Å²) in [6.45, 7) is 3.75. The van der Waals surface area contributed by atoms with Gasteiger partial charge in [0.15, 0.2) is 0 Å². The normalized spacial score (nSPS) is 14.5. The van der Waals surface area contributed by atoms with E-state index in [0.29, 0.717) is 37.5 Å².